The molecule has 0 radical (unpaired) electrons. The van der Waals surface area contributed by atoms with Gasteiger partial charge in [-0.1, -0.05) is 0 Å². The van der Waals surface area contributed by atoms with Crippen LogP contribution in [-0.2, 0) is 0 Å². The van der Waals surface area contributed by atoms with Gasteiger partial charge < -0.3 is 10.1 Å². The van der Waals surface area contributed by atoms with Crippen LogP contribution in [0.2, 0.25) is 0 Å². The summed E-state index contributed by atoms with van der Waals surface area (Å²) in [6.45, 7) is 0. The summed E-state index contributed by atoms with van der Waals surface area (Å²) in [7, 11) is 1.48. The van der Waals surface area contributed by atoms with Crippen molar-refractivity contribution in [1.82, 2.24) is 15.3 Å². The first-order valence-electron chi connectivity index (χ1n) is 4.72. The van der Waals surface area contributed by atoms with E-state index in [9.17, 15) is 4.79 Å². The molecule has 1 aliphatic rings. The number of rotatable bonds is 3. The number of amides is 2. The molecule has 0 aromatic carbocycles. The molecule has 1 aliphatic carbocycles. The number of ether oxygens (including phenoxy) is 1. The first-order valence-corrected chi connectivity index (χ1v) is 4.72. The average Bonchev–Trinajstić information content (AvgIpc) is 3.02. The average molecular weight is 208 g/mol. The summed E-state index contributed by atoms with van der Waals surface area (Å²) in [6.07, 6.45) is 3.64. The van der Waals surface area contributed by atoms with Crippen molar-refractivity contribution in [3.05, 3.63) is 12.3 Å². The second kappa shape index (κ2) is 4.12. The first-order chi connectivity index (χ1) is 7.28. The molecule has 2 amide bonds. The summed E-state index contributed by atoms with van der Waals surface area (Å²) < 4.78 is 4.84. The SMILES string of the molecule is COc1nccc(NC(=O)NC2CC2)n1. The maximum Gasteiger partial charge on any atom is 0.320 e. The van der Waals surface area contributed by atoms with Gasteiger partial charge >= 0.3 is 12.0 Å². The fourth-order valence-electron chi connectivity index (χ4n) is 1.07. The summed E-state index contributed by atoms with van der Waals surface area (Å²) >= 11 is 0. The number of carbonyl (C=O) groups excluding carboxylic acids is 1. The van der Waals surface area contributed by atoms with Crippen molar-refractivity contribution < 1.29 is 9.53 Å². The van der Waals surface area contributed by atoms with Crippen LogP contribution >= 0.6 is 0 Å². The van der Waals surface area contributed by atoms with E-state index in [4.69, 9.17) is 4.74 Å². The van der Waals surface area contributed by atoms with E-state index in [-0.39, 0.29) is 12.0 Å². The Morgan fingerprint density at radius 1 is 1.60 bits per heavy atom. The number of nitrogens with one attached hydrogen (secondary N) is 2. The van der Waals surface area contributed by atoms with Crippen LogP contribution in [0.1, 0.15) is 12.8 Å². The lowest BCUT2D eigenvalue weighted by Gasteiger charge is -2.05. The molecule has 2 rings (SSSR count). The van der Waals surface area contributed by atoms with Crippen LogP contribution in [-0.4, -0.2) is 29.2 Å². The van der Waals surface area contributed by atoms with Crippen molar-refractivity contribution in [2.75, 3.05) is 12.4 Å². The summed E-state index contributed by atoms with van der Waals surface area (Å²) in [5.41, 5.74) is 0. The second-order valence-electron chi connectivity index (χ2n) is 3.30. The van der Waals surface area contributed by atoms with E-state index < -0.39 is 0 Å². The largest absolute Gasteiger partial charge is 0.467 e. The fraction of sp³-hybridized carbons (Fsp3) is 0.444. The molecule has 6 nitrogen and oxygen atoms in total. The van der Waals surface area contributed by atoms with Crippen molar-refractivity contribution in [3.8, 4) is 6.01 Å². The maximum absolute atomic E-state index is 11.3. The van der Waals surface area contributed by atoms with Gasteiger partial charge in [0.05, 0.1) is 7.11 Å². The van der Waals surface area contributed by atoms with Gasteiger partial charge in [0.2, 0.25) is 0 Å². The minimum Gasteiger partial charge on any atom is -0.467 e. The van der Waals surface area contributed by atoms with Crippen LogP contribution in [0.25, 0.3) is 0 Å². The van der Waals surface area contributed by atoms with E-state index in [2.05, 4.69) is 20.6 Å². The molecular formula is C9H12N4O2. The number of anilines is 1. The molecule has 0 atom stereocenters. The quantitative estimate of drug-likeness (QED) is 0.769. The lowest BCUT2D eigenvalue weighted by atomic mass is 10.6. The zero-order chi connectivity index (χ0) is 10.7. The standard InChI is InChI=1S/C9H12N4O2/c1-15-9-10-5-4-7(13-9)12-8(14)11-6-2-3-6/h4-6H,2-3H2,1H3,(H2,10,11,12,13,14). The van der Waals surface area contributed by atoms with Crippen LogP contribution in [0.15, 0.2) is 12.3 Å². The normalized spacial score (nSPS) is 14.5. The monoisotopic (exact) mass is 208 g/mol. The van der Waals surface area contributed by atoms with E-state index >= 15 is 0 Å². The third-order valence-electron chi connectivity index (χ3n) is 1.97. The van der Waals surface area contributed by atoms with Crippen LogP contribution in [0.4, 0.5) is 10.6 Å². The molecule has 0 bridgehead atoms. The lowest BCUT2D eigenvalue weighted by molar-refractivity contribution is 0.251. The second-order valence-corrected chi connectivity index (χ2v) is 3.30. The Kier molecular flexibility index (Phi) is 2.66. The Balaban J connectivity index is 1.93. The Morgan fingerprint density at radius 3 is 3.07 bits per heavy atom. The number of nitrogens with zero attached hydrogens (tertiary/aromatic N) is 2. The smallest absolute Gasteiger partial charge is 0.320 e. The van der Waals surface area contributed by atoms with E-state index in [1.165, 1.54) is 13.3 Å². The van der Waals surface area contributed by atoms with Crippen LogP contribution in [0.5, 0.6) is 6.01 Å². The number of hydrogen-bond acceptors (Lipinski definition) is 4. The highest BCUT2D eigenvalue weighted by molar-refractivity contribution is 5.88. The van der Waals surface area contributed by atoms with Gasteiger partial charge in [-0.25, -0.2) is 9.78 Å². The van der Waals surface area contributed by atoms with Crippen molar-refractivity contribution >= 4 is 11.8 Å². The molecule has 1 aromatic heterocycles. The van der Waals surface area contributed by atoms with Gasteiger partial charge in [-0.3, -0.25) is 5.32 Å². The van der Waals surface area contributed by atoms with Gasteiger partial charge in [-0.05, 0) is 18.9 Å². The summed E-state index contributed by atoms with van der Waals surface area (Å²) in [5.74, 6) is 0.431. The molecule has 1 heterocycles. The minimum atomic E-state index is -0.238. The number of carbonyl (C=O) groups is 1. The number of methoxy groups -OCH3 is 1. The van der Waals surface area contributed by atoms with E-state index in [0.717, 1.165) is 12.8 Å². The molecule has 15 heavy (non-hydrogen) atoms. The first kappa shape index (κ1) is 9.70. The predicted molar refractivity (Wildman–Crippen MR) is 53.8 cm³/mol. The number of hydrogen-bond donors (Lipinski definition) is 2. The molecule has 0 unspecified atom stereocenters. The Labute approximate surface area is 87.1 Å². The zero-order valence-corrected chi connectivity index (χ0v) is 8.36. The van der Waals surface area contributed by atoms with Crippen molar-refractivity contribution in [3.63, 3.8) is 0 Å². The lowest BCUT2D eigenvalue weighted by Crippen LogP contribution is -2.30. The number of aromatic nitrogens is 2. The van der Waals surface area contributed by atoms with Crippen LogP contribution in [0.3, 0.4) is 0 Å². The highest BCUT2D eigenvalue weighted by Crippen LogP contribution is 2.18. The van der Waals surface area contributed by atoms with Gasteiger partial charge in [0.15, 0.2) is 0 Å². The molecule has 0 spiro atoms. The predicted octanol–water partition coefficient (Wildman–Crippen LogP) is 0.769. The molecule has 80 valence electrons. The third-order valence-corrected chi connectivity index (χ3v) is 1.97. The summed E-state index contributed by atoms with van der Waals surface area (Å²) in [6, 6.07) is 1.93. The summed E-state index contributed by atoms with van der Waals surface area (Å²) in [5, 5.41) is 5.40. The highest BCUT2D eigenvalue weighted by Gasteiger charge is 2.23. The molecule has 2 N–H and O–H groups in total. The maximum atomic E-state index is 11.3. The number of urea groups is 1. The van der Waals surface area contributed by atoms with Gasteiger partial charge in [0, 0.05) is 12.2 Å². The van der Waals surface area contributed by atoms with Crippen LogP contribution < -0.4 is 15.4 Å². The van der Waals surface area contributed by atoms with Crippen molar-refractivity contribution in [2.45, 2.75) is 18.9 Å². The van der Waals surface area contributed by atoms with Gasteiger partial charge in [0.1, 0.15) is 5.82 Å². The molecule has 1 aromatic rings. The fourth-order valence-corrected chi connectivity index (χ4v) is 1.07. The molecular weight excluding hydrogens is 196 g/mol. The topological polar surface area (TPSA) is 76.1 Å². The van der Waals surface area contributed by atoms with E-state index in [1.807, 2.05) is 0 Å². The Bertz CT molecular complexity index is 365. The molecule has 1 fully saturated rings. The Hall–Kier alpha value is -1.85. The van der Waals surface area contributed by atoms with Crippen LogP contribution in [0, 0.1) is 0 Å². The van der Waals surface area contributed by atoms with E-state index in [1.54, 1.807) is 6.07 Å². The minimum absolute atomic E-state index is 0.235. The molecule has 0 saturated heterocycles. The molecule has 6 heteroatoms. The van der Waals surface area contributed by atoms with Gasteiger partial charge in [0.25, 0.3) is 0 Å². The van der Waals surface area contributed by atoms with Crippen molar-refractivity contribution in [2.24, 2.45) is 0 Å². The Morgan fingerprint density at radius 2 is 2.40 bits per heavy atom. The summed E-state index contributed by atoms with van der Waals surface area (Å²) in [4.78, 5) is 19.1. The van der Waals surface area contributed by atoms with Gasteiger partial charge in [-0.2, -0.15) is 4.98 Å². The highest BCUT2D eigenvalue weighted by atomic mass is 16.5. The molecule has 1 saturated carbocycles. The molecule has 0 aliphatic heterocycles. The van der Waals surface area contributed by atoms with Crippen molar-refractivity contribution in [1.29, 1.82) is 0 Å². The zero-order valence-electron chi connectivity index (χ0n) is 8.36. The van der Waals surface area contributed by atoms with E-state index in [0.29, 0.717) is 11.9 Å². The van der Waals surface area contributed by atoms with Gasteiger partial charge in [-0.15, -0.1) is 0 Å². The third kappa shape index (κ3) is 2.80.